The Morgan fingerprint density at radius 1 is 1.26 bits per heavy atom. The number of aryl methyl sites for hydroxylation is 1. The summed E-state index contributed by atoms with van der Waals surface area (Å²) in [5, 5.41) is 11.7. The van der Waals surface area contributed by atoms with Gasteiger partial charge in [-0.05, 0) is 36.8 Å². The average molecular weight is 274 g/mol. The second-order valence-electron chi connectivity index (χ2n) is 4.47. The number of furan rings is 1. The van der Waals surface area contributed by atoms with Gasteiger partial charge in [-0.2, -0.15) is 0 Å². The van der Waals surface area contributed by atoms with Crippen LogP contribution in [0, 0.1) is 6.92 Å². The summed E-state index contributed by atoms with van der Waals surface area (Å²) in [7, 11) is 0. The Morgan fingerprint density at radius 2 is 2.11 bits per heavy atom. The van der Waals surface area contributed by atoms with Crippen LogP contribution in [-0.2, 0) is 0 Å². The molecule has 4 heteroatoms. The Kier molecular flexibility index (Phi) is 3.01. The zero-order chi connectivity index (χ0) is 13.4. The van der Waals surface area contributed by atoms with Crippen molar-refractivity contribution in [3.05, 3.63) is 64.6 Å². The first kappa shape index (κ1) is 12.2. The molecule has 0 fully saturated rings. The Balaban J connectivity index is 2.06. The van der Waals surface area contributed by atoms with E-state index in [1.807, 2.05) is 31.2 Å². The molecule has 1 atom stereocenters. The maximum absolute atomic E-state index is 10.3. The van der Waals surface area contributed by atoms with E-state index in [0.717, 1.165) is 10.9 Å². The Hall–Kier alpha value is -1.84. The monoisotopic (exact) mass is 273 g/mol. The van der Waals surface area contributed by atoms with Gasteiger partial charge in [-0.25, -0.2) is 0 Å². The maximum atomic E-state index is 10.3. The average Bonchev–Trinajstić information content (AvgIpc) is 2.83. The molecule has 0 spiro atoms. The number of fused-ring (bicyclic) bond motifs is 1. The van der Waals surface area contributed by atoms with Gasteiger partial charge in [0.25, 0.3) is 0 Å². The normalized spacial score (nSPS) is 12.8. The molecular weight excluding hydrogens is 262 g/mol. The predicted molar refractivity (Wildman–Crippen MR) is 74.3 cm³/mol. The van der Waals surface area contributed by atoms with Gasteiger partial charge in [0.2, 0.25) is 0 Å². The summed E-state index contributed by atoms with van der Waals surface area (Å²) in [5.41, 5.74) is 2.19. The zero-order valence-electron chi connectivity index (χ0n) is 10.3. The first-order valence-electron chi connectivity index (χ1n) is 5.94. The molecule has 3 rings (SSSR count). The third kappa shape index (κ3) is 2.23. The molecule has 1 unspecified atom stereocenters. The van der Waals surface area contributed by atoms with Crippen LogP contribution in [0.5, 0.6) is 0 Å². The molecule has 3 nitrogen and oxygen atoms in total. The molecule has 0 saturated carbocycles. The summed E-state index contributed by atoms with van der Waals surface area (Å²) in [4.78, 5) is 4.17. The summed E-state index contributed by atoms with van der Waals surface area (Å²) < 4.78 is 5.63. The third-order valence-corrected chi connectivity index (χ3v) is 3.30. The zero-order valence-corrected chi connectivity index (χ0v) is 11.1. The minimum Gasteiger partial charge on any atom is -0.456 e. The molecule has 1 N–H and O–H groups in total. The van der Waals surface area contributed by atoms with Gasteiger partial charge in [0.15, 0.2) is 11.7 Å². The number of aliphatic hydroxyl groups is 1. The number of hydrogen-bond acceptors (Lipinski definition) is 3. The summed E-state index contributed by atoms with van der Waals surface area (Å²) >= 11 is 6.06. The van der Waals surface area contributed by atoms with Crippen molar-refractivity contribution >= 4 is 22.6 Å². The Morgan fingerprint density at radius 3 is 2.84 bits per heavy atom. The number of pyridine rings is 1. The molecule has 1 aromatic carbocycles. The van der Waals surface area contributed by atoms with Gasteiger partial charge in [0.05, 0.1) is 10.7 Å². The molecule has 0 amide bonds. The van der Waals surface area contributed by atoms with Crippen molar-refractivity contribution in [1.29, 1.82) is 0 Å². The lowest BCUT2D eigenvalue weighted by Gasteiger charge is -2.07. The summed E-state index contributed by atoms with van der Waals surface area (Å²) in [6, 6.07) is 11.0. The number of aliphatic hydroxyl groups excluding tert-OH is 1. The van der Waals surface area contributed by atoms with E-state index in [4.69, 9.17) is 16.0 Å². The first-order valence-corrected chi connectivity index (χ1v) is 6.31. The minimum absolute atomic E-state index is 0.446. The second kappa shape index (κ2) is 4.68. The molecule has 96 valence electrons. The number of nitrogens with zero attached hydrogens (tertiary/aromatic N) is 1. The molecule has 0 aliphatic heterocycles. The van der Waals surface area contributed by atoms with Crippen molar-refractivity contribution in [1.82, 2.24) is 4.98 Å². The van der Waals surface area contributed by atoms with E-state index in [-0.39, 0.29) is 0 Å². The van der Waals surface area contributed by atoms with Crippen molar-refractivity contribution in [3.8, 4) is 0 Å². The smallest absolute Gasteiger partial charge is 0.153 e. The van der Waals surface area contributed by atoms with Crippen molar-refractivity contribution in [3.63, 3.8) is 0 Å². The molecule has 2 heterocycles. The number of aromatic nitrogens is 1. The number of benzene rings is 1. The van der Waals surface area contributed by atoms with Crippen LogP contribution < -0.4 is 0 Å². The van der Waals surface area contributed by atoms with Crippen LogP contribution in [0.25, 0.3) is 11.0 Å². The molecule has 0 bridgehead atoms. The van der Waals surface area contributed by atoms with Gasteiger partial charge in [-0.3, -0.25) is 4.98 Å². The first-order chi connectivity index (χ1) is 9.15. The van der Waals surface area contributed by atoms with Crippen LogP contribution in [0.2, 0.25) is 5.02 Å². The van der Waals surface area contributed by atoms with E-state index in [9.17, 15) is 5.11 Å². The number of halogens is 1. The summed E-state index contributed by atoms with van der Waals surface area (Å²) in [6.45, 7) is 1.95. The SMILES string of the molecule is Cc1ccnc(C(O)c2cc3cccc(Cl)c3o2)c1. The van der Waals surface area contributed by atoms with E-state index >= 15 is 0 Å². The predicted octanol–water partition coefficient (Wildman–Crippen LogP) is 3.87. The van der Waals surface area contributed by atoms with Crippen molar-refractivity contribution in [2.24, 2.45) is 0 Å². The Bertz CT molecular complexity index is 736. The van der Waals surface area contributed by atoms with E-state index in [1.54, 1.807) is 18.3 Å². The fourth-order valence-corrected chi connectivity index (χ4v) is 2.26. The van der Waals surface area contributed by atoms with Gasteiger partial charge in [-0.15, -0.1) is 0 Å². The molecule has 0 saturated heterocycles. The highest BCUT2D eigenvalue weighted by Crippen LogP contribution is 2.31. The quantitative estimate of drug-likeness (QED) is 0.771. The Labute approximate surface area is 115 Å². The molecule has 0 radical (unpaired) electrons. The molecule has 0 aliphatic rings. The van der Waals surface area contributed by atoms with Gasteiger partial charge >= 0.3 is 0 Å². The fraction of sp³-hybridized carbons (Fsp3) is 0.133. The van der Waals surface area contributed by atoms with Gasteiger partial charge in [0, 0.05) is 11.6 Å². The number of hydrogen-bond donors (Lipinski definition) is 1. The van der Waals surface area contributed by atoms with Crippen molar-refractivity contribution in [2.75, 3.05) is 0 Å². The van der Waals surface area contributed by atoms with E-state index in [1.165, 1.54) is 0 Å². The lowest BCUT2D eigenvalue weighted by molar-refractivity contribution is 0.187. The lowest BCUT2D eigenvalue weighted by atomic mass is 10.1. The van der Waals surface area contributed by atoms with E-state index in [0.29, 0.717) is 22.1 Å². The van der Waals surface area contributed by atoms with Crippen molar-refractivity contribution < 1.29 is 9.52 Å². The van der Waals surface area contributed by atoms with Gasteiger partial charge in [0.1, 0.15) is 5.76 Å². The second-order valence-corrected chi connectivity index (χ2v) is 4.87. The maximum Gasteiger partial charge on any atom is 0.153 e. The van der Waals surface area contributed by atoms with Gasteiger partial charge < -0.3 is 9.52 Å². The number of para-hydroxylation sites is 1. The van der Waals surface area contributed by atoms with E-state index < -0.39 is 6.10 Å². The third-order valence-electron chi connectivity index (χ3n) is 3.00. The van der Waals surface area contributed by atoms with Crippen LogP contribution in [0.4, 0.5) is 0 Å². The molecule has 19 heavy (non-hydrogen) atoms. The van der Waals surface area contributed by atoms with Gasteiger partial charge in [-0.1, -0.05) is 23.7 Å². The minimum atomic E-state index is -0.886. The molecule has 3 aromatic rings. The van der Waals surface area contributed by atoms with Crippen molar-refractivity contribution in [2.45, 2.75) is 13.0 Å². The summed E-state index contributed by atoms with van der Waals surface area (Å²) in [5.74, 6) is 0.446. The summed E-state index contributed by atoms with van der Waals surface area (Å²) in [6.07, 6.45) is 0.784. The topological polar surface area (TPSA) is 46.3 Å². The largest absolute Gasteiger partial charge is 0.456 e. The number of rotatable bonds is 2. The molecule has 0 aliphatic carbocycles. The fourth-order valence-electron chi connectivity index (χ4n) is 2.04. The highest BCUT2D eigenvalue weighted by atomic mass is 35.5. The van der Waals surface area contributed by atoms with Crippen LogP contribution in [0.15, 0.2) is 47.0 Å². The molecule has 2 aromatic heterocycles. The van der Waals surface area contributed by atoms with Crippen LogP contribution in [-0.4, -0.2) is 10.1 Å². The van der Waals surface area contributed by atoms with Crippen LogP contribution >= 0.6 is 11.6 Å². The highest BCUT2D eigenvalue weighted by Gasteiger charge is 2.17. The molecular formula is C15H12ClNO2. The van der Waals surface area contributed by atoms with E-state index in [2.05, 4.69) is 4.98 Å². The van der Waals surface area contributed by atoms with Crippen LogP contribution in [0.1, 0.15) is 23.1 Å². The van der Waals surface area contributed by atoms with Crippen LogP contribution in [0.3, 0.4) is 0 Å². The standard InChI is InChI=1S/C15H12ClNO2/c1-9-5-6-17-12(7-9)14(18)13-8-10-3-2-4-11(16)15(10)19-13/h2-8,14,18H,1H3. The highest BCUT2D eigenvalue weighted by molar-refractivity contribution is 6.34. The lowest BCUT2D eigenvalue weighted by Crippen LogP contribution is -2.00.